The second kappa shape index (κ2) is 2.19. The fourth-order valence-electron chi connectivity index (χ4n) is 0.404. The van der Waals surface area contributed by atoms with E-state index in [4.69, 9.17) is 0 Å². The summed E-state index contributed by atoms with van der Waals surface area (Å²) in [6.07, 6.45) is 0. The molecule has 1 rings (SSSR count). The molecule has 0 N–H and O–H groups in total. The number of esters is 1. The topological polar surface area (TPSA) is 35.5 Å². The van der Waals surface area contributed by atoms with Crippen molar-refractivity contribution in [2.45, 2.75) is 0 Å². The number of thiocarbonyl (C=S) groups is 1. The molecular weight excluding hydrogens is 128 g/mol. The molecule has 0 spiro atoms. The third-order valence-corrected chi connectivity index (χ3v) is 0.869. The Morgan fingerprint density at radius 2 is 2.25 bits per heavy atom. The molecule has 0 aliphatic carbocycles. The summed E-state index contributed by atoms with van der Waals surface area (Å²) in [4.78, 5) is 10.2. The molecule has 0 atom stereocenters. The first-order valence-electron chi connectivity index (χ1n) is 2.10. The highest BCUT2D eigenvalue weighted by molar-refractivity contribution is 7.80. The fraction of sp³-hybridized carbons (Fsp3) is 0.500. The van der Waals surface area contributed by atoms with Crippen molar-refractivity contribution < 1.29 is 14.3 Å². The third kappa shape index (κ3) is 1.24. The molecule has 1 aliphatic rings. The summed E-state index contributed by atoms with van der Waals surface area (Å²) in [6.45, 7) is 0.293. The van der Waals surface area contributed by atoms with E-state index in [2.05, 4.69) is 21.7 Å². The zero-order valence-corrected chi connectivity index (χ0v) is 4.86. The highest BCUT2D eigenvalue weighted by Crippen LogP contribution is 1.93. The zero-order chi connectivity index (χ0) is 5.98. The number of hydrogen-bond donors (Lipinski definition) is 0. The molecule has 0 unspecified atom stereocenters. The van der Waals surface area contributed by atoms with Crippen LogP contribution in [0.5, 0.6) is 0 Å². The van der Waals surface area contributed by atoms with Gasteiger partial charge in [-0.25, -0.2) is 4.79 Å². The normalized spacial score (nSPS) is 20.5. The summed E-state index contributed by atoms with van der Waals surface area (Å²) in [7, 11) is 0. The highest BCUT2D eigenvalue weighted by Gasteiger charge is 2.13. The number of hydrogen-bond acceptors (Lipinski definition) is 4. The van der Waals surface area contributed by atoms with Crippen molar-refractivity contribution in [3.05, 3.63) is 0 Å². The maximum Gasteiger partial charge on any atom is 0.338 e. The van der Waals surface area contributed by atoms with E-state index in [9.17, 15) is 4.79 Å². The van der Waals surface area contributed by atoms with Gasteiger partial charge < -0.3 is 9.47 Å². The van der Waals surface area contributed by atoms with E-state index in [0.29, 0.717) is 0 Å². The number of cyclic esters (lactones) is 1. The monoisotopic (exact) mass is 132 g/mol. The summed E-state index contributed by atoms with van der Waals surface area (Å²) in [5.41, 5.74) is 0. The molecule has 0 aromatic rings. The van der Waals surface area contributed by atoms with Gasteiger partial charge in [0.1, 0.15) is 13.2 Å². The lowest BCUT2D eigenvalue weighted by Crippen LogP contribution is -2.26. The van der Waals surface area contributed by atoms with Crippen LogP contribution in [0, 0.1) is 0 Å². The molecule has 0 saturated carbocycles. The second-order valence-electron chi connectivity index (χ2n) is 1.34. The van der Waals surface area contributed by atoms with Crippen LogP contribution in [-0.4, -0.2) is 24.2 Å². The van der Waals surface area contributed by atoms with Crippen LogP contribution in [0.25, 0.3) is 0 Å². The molecular formula is C4H4O3S. The largest absolute Gasteiger partial charge is 0.415 e. The van der Waals surface area contributed by atoms with E-state index in [1.807, 2.05) is 0 Å². The van der Waals surface area contributed by atoms with E-state index in [-0.39, 0.29) is 18.3 Å². The molecule has 0 aromatic carbocycles. The fourth-order valence-corrected chi connectivity index (χ4v) is 0.580. The minimum Gasteiger partial charge on any atom is -0.415 e. The molecule has 0 aromatic heterocycles. The van der Waals surface area contributed by atoms with Crippen molar-refractivity contribution in [2.75, 3.05) is 13.2 Å². The van der Waals surface area contributed by atoms with Crippen molar-refractivity contribution in [2.24, 2.45) is 0 Å². The Balaban J connectivity index is 2.45. The van der Waals surface area contributed by atoms with Crippen LogP contribution >= 0.6 is 12.2 Å². The molecule has 8 heavy (non-hydrogen) atoms. The summed E-state index contributed by atoms with van der Waals surface area (Å²) < 4.78 is 9.13. The Morgan fingerprint density at radius 1 is 1.50 bits per heavy atom. The van der Waals surface area contributed by atoms with Gasteiger partial charge in [-0.15, -0.1) is 0 Å². The average molecular weight is 132 g/mol. The van der Waals surface area contributed by atoms with Crippen molar-refractivity contribution in [1.82, 2.24) is 0 Å². The van der Waals surface area contributed by atoms with Gasteiger partial charge >= 0.3 is 5.97 Å². The SMILES string of the molecule is O=C1COCC(=S)O1. The van der Waals surface area contributed by atoms with Crippen molar-refractivity contribution >= 4 is 23.2 Å². The summed E-state index contributed by atoms with van der Waals surface area (Å²) in [5, 5.41) is 0.223. The molecule has 4 heteroatoms. The van der Waals surface area contributed by atoms with Crippen molar-refractivity contribution in [3.8, 4) is 0 Å². The Kier molecular flexibility index (Phi) is 1.55. The Labute approximate surface area is 51.6 Å². The van der Waals surface area contributed by atoms with E-state index < -0.39 is 5.97 Å². The first-order valence-corrected chi connectivity index (χ1v) is 2.51. The van der Waals surface area contributed by atoms with Crippen LogP contribution in [-0.2, 0) is 14.3 Å². The van der Waals surface area contributed by atoms with Crippen LogP contribution in [0.3, 0.4) is 0 Å². The molecule has 44 valence electrons. The van der Waals surface area contributed by atoms with Gasteiger partial charge in [0.2, 0.25) is 0 Å². The minimum absolute atomic E-state index is 0.0279. The molecule has 0 bridgehead atoms. The van der Waals surface area contributed by atoms with Gasteiger partial charge in [0.25, 0.3) is 0 Å². The highest BCUT2D eigenvalue weighted by atomic mass is 32.1. The zero-order valence-electron chi connectivity index (χ0n) is 4.05. The van der Waals surface area contributed by atoms with E-state index >= 15 is 0 Å². The maximum atomic E-state index is 10.2. The number of ether oxygens (including phenoxy) is 2. The van der Waals surface area contributed by atoms with Gasteiger partial charge in [-0.2, -0.15) is 0 Å². The van der Waals surface area contributed by atoms with Crippen LogP contribution in [0.1, 0.15) is 0 Å². The minimum atomic E-state index is -0.402. The second-order valence-corrected chi connectivity index (χ2v) is 1.79. The lowest BCUT2D eigenvalue weighted by atomic mass is 10.6. The van der Waals surface area contributed by atoms with E-state index in [0.717, 1.165) is 0 Å². The van der Waals surface area contributed by atoms with Gasteiger partial charge in [0, 0.05) is 0 Å². The Hall–Kier alpha value is -0.480. The van der Waals surface area contributed by atoms with Crippen LogP contribution in [0.4, 0.5) is 0 Å². The quantitative estimate of drug-likeness (QED) is 0.340. The Bertz CT molecular complexity index is 117. The van der Waals surface area contributed by atoms with Gasteiger partial charge in [-0.3, -0.25) is 0 Å². The number of carbonyl (C=O) groups excluding carboxylic acids is 1. The first-order chi connectivity index (χ1) is 3.79. The van der Waals surface area contributed by atoms with Crippen molar-refractivity contribution in [3.63, 3.8) is 0 Å². The van der Waals surface area contributed by atoms with Gasteiger partial charge in [0.05, 0.1) is 0 Å². The van der Waals surface area contributed by atoms with Crippen molar-refractivity contribution in [1.29, 1.82) is 0 Å². The summed E-state index contributed by atoms with van der Waals surface area (Å²) in [5.74, 6) is -0.402. The van der Waals surface area contributed by atoms with Crippen LogP contribution in [0.2, 0.25) is 0 Å². The number of carbonyl (C=O) groups is 1. The molecule has 1 aliphatic heterocycles. The average Bonchev–Trinajstić information content (AvgIpc) is 1.64. The van der Waals surface area contributed by atoms with Crippen LogP contribution in [0.15, 0.2) is 0 Å². The lowest BCUT2D eigenvalue weighted by molar-refractivity contribution is -0.143. The molecule has 1 heterocycles. The smallest absolute Gasteiger partial charge is 0.338 e. The predicted octanol–water partition coefficient (Wildman–Crippen LogP) is -0.113. The van der Waals surface area contributed by atoms with E-state index in [1.54, 1.807) is 0 Å². The summed E-state index contributed by atoms with van der Waals surface area (Å²) >= 11 is 4.51. The van der Waals surface area contributed by atoms with Gasteiger partial charge in [-0.05, 0) is 12.2 Å². The third-order valence-electron chi connectivity index (χ3n) is 0.667. The predicted molar refractivity (Wildman–Crippen MR) is 29.5 cm³/mol. The molecule has 1 saturated heterocycles. The van der Waals surface area contributed by atoms with Gasteiger partial charge in [-0.1, -0.05) is 0 Å². The maximum absolute atomic E-state index is 10.2. The first kappa shape index (κ1) is 5.65. The van der Waals surface area contributed by atoms with Crippen LogP contribution < -0.4 is 0 Å². The number of rotatable bonds is 0. The molecule has 3 nitrogen and oxygen atoms in total. The molecule has 1 fully saturated rings. The lowest BCUT2D eigenvalue weighted by Gasteiger charge is -2.10. The molecule has 0 amide bonds. The molecule has 0 radical (unpaired) electrons. The Morgan fingerprint density at radius 3 is 2.62 bits per heavy atom. The van der Waals surface area contributed by atoms with Gasteiger partial charge in [0.15, 0.2) is 5.05 Å². The summed E-state index contributed by atoms with van der Waals surface area (Å²) in [6, 6.07) is 0. The van der Waals surface area contributed by atoms with E-state index in [1.165, 1.54) is 0 Å². The standard InChI is InChI=1S/C4H4O3S/c5-3-1-6-2-4(8)7-3/h1-2H2.